The summed E-state index contributed by atoms with van der Waals surface area (Å²) < 4.78 is 5.42. The van der Waals surface area contributed by atoms with Gasteiger partial charge in [-0.3, -0.25) is 0 Å². The van der Waals surface area contributed by atoms with Crippen LogP contribution in [0.3, 0.4) is 0 Å². The van der Waals surface area contributed by atoms with E-state index < -0.39 is 5.60 Å². The first kappa shape index (κ1) is 8.97. The van der Waals surface area contributed by atoms with Crippen LogP contribution in [0.5, 0.6) is 0 Å². The van der Waals surface area contributed by atoms with Gasteiger partial charge in [-0.2, -0.15) is 0 Å². The van der Waals surface area contributed by atoms with E-state index in [2.05, 4.69) is 4.90 Å². The summed E-state index contributed by atoms with van der Waals surface area (Å²) in [5.41, 5.74) is -0.714. The number of hydrogen-bond acceptors (Lipinski definition) is 3. The Morgan fingerprint density at radius 1 is 1.55 bits per heavy atom. The molecule has 0 aliphatic carbocycles. The van der Waals surface area contributed by atoms with E-state index in [9.17, 15) is 5.11 Å². The molecule has 3 heteroatoms. The van der Waals surface area contributed by atoms with Gasteiger partial charge in [-0.05, 0) is 20.9 Å². The maximum atomic E-state index is 9.61. The zero-order chi connectivity index (χ0) is 8.48. The minimum Gasteiger partial charge on any atom is -0.388 e. The molecule has 0 aromatic rings. The number of ether oxygens (including phenoxy) is 1. The van der Waals surface area contributed by atoms with Gasteiger partial charge in [0.05, 0.1) is 18.3 Å². The lowest BCUT2D eigenvalue weighted by atomic mass is 10.0. The van der Waals surface area contributed by atoms with Crippen molar-refractivity contribution >= 4 is 0 Å². The monoisotopic (exact) mass is 159 g/mol. The fraction of sp³-hybridized carbons (Fsp3) is 1.00. The summed E-state index contributed by atoms with van der Waals surface area (Å²) in [5.74, 6) is 0. The molecule has 0 amide bonds. The second-order valence-corrected chi connectivity index (χ2v) is 3.78. The van der Waals surface area contributed by atoms with E-state index in [1.54, 1.807) is 13.8 Å². The summed E-state index contributed by atoms with van der Waals surface area (Å²) in [7, 11) is 2.04. The molecule has 1 N–H and O–H groups in total. The quantitative estimate of drug-likeness (QED) is 0.588. The molecular weight excluding hydrogens is 142 g/mol. The van der Waals surface area contributed by atoms with Gasteiger partial charge in [0.1, 0.15) is 0 Å². The summed E-state index contributed by atoms with van der Waals surface area (Å²) >= 11 is 0. The van der Waals surface area contributed by atoms with Gasteiger partial charge in [0.15, 0.2) is 0 Å². The fourth-order valence-corrected chi connectivity index (χ4v) is 1.21. The van der Waals surface area contributed by atoms with Crippen molar-refractivity contribution in [3.05, 3.63) is 0 Å². The molecule has 1 unspecified atom stereocenters. The molecule has 3 nitrogen and oxygen atoms in total. The van der Waals surface area contributed by atoms with E-state index in [1.807, 2.05) is 7.05 Å². The minimum absolute atomic E-state index is 0.0405. The van der Waals surface area contributed by atoms with Gasteiger partial charge >= 0.3 is 0 Å². The van der Waals surface area contributed by atoms with Crippen LogP contribution in [0.1, 0.15) is 13.8 Å². The summed E-state index contributed by atoms with van der Waals surface area (Å²) in [6, 6.07) is 0. The van der Waals surface area contributed by atoms with Crippen molar-refractivity contribution in [3.63, 3.8) is 0 Å². The van der Waals surface area contributed by atoms with Crippen molar-refractivity contribution in [3.8, 4) is 0 Å². The Labute approximate surface area is 68.0 Å². The van der Waals surface area contributed by atoms with Gasteiger partial charge in [-0.15, -0.1) is 0 Å². The van der Waals surface area contributed by atoms with Gasteiger partial charge in [0.2, 0.25) is 0 Å². The van der Waals surface area contributed by atoms with Crippen LogP contribution in [0.4, 0.5) is 0 Å². The van der Waals surface area contributed by atoms with Crippen molar-refractivity contribution < 1.29 is 9.84 Å². The maximum Gasteiger partial charge on any atom is 0.0983 e. The summed E-state index contributed by atoms with van der Waals surface area (Å²) in [6.07, 6.45) is -0.0405. The van der Waals surface area contributed by atoms with Gasteiger partial charge in [0.25, 0.3) is 0 Å². The van der Waals surface area contributed by atoms with Gasteiger partial charge < -0.3 is 14.7 Å². The molecule has 1 aliphatic heterocycles. The Hall–Kier alpha value is -0.120. The van der Waals surface area contributed by atoms with Gasteiger partial charge in [0, 0.05) is 13.1 Å². The number of aliphatic hydroxyl groups is 1. The van der Waals surface area contributed by atoms with Gasteiger partial charge in [-0.25, -0.2) is 0 Å². The average molecular weight is 159 g/mol. The summed E-state index contributed by atoms with van der Waals surface area (Å²) in [4.78, 5) is 2.17. The van der Waals surface area contributed by atoms with E-state index >= 15 is 0 Å². The predicted molar refractivity (Wildman–Crippen MR) is 43.5 cm³/mol. The number of hydrogen-bond donors (Lipinski definition) is 1. The molecule has 1 rings (SSSR count). The Kier molecular flexibility index (Phi) is 2.52. The standard InChI is InChI=1S/C8H17NO2/c1-8(2,10)7-6-9(3)4-5-11-7/h7,10H,4-6H2,1-3H3. The van der Waals surface area contributed by atoms with Gasteiger partial charge in [-0.1, -0.05) is 0 Å². The summed E-state index contributed by atoms with van der Waals surface area (Å²) in [6.45, 7) is 6.09. The van der Waals surface area contributed by atoms with Crippen molar-refractivity contribution in [2.24, 2.45) is 0 Å². The smallest absolute Gasteiger partial charge is 0.0983 e. The second-order valence-electron chi connectivity index (χ2n) is 3.78. The largest absolute Gasteiger partial charge is 0.388 e. The summed E-state index contributed by atoms with van der Waals surface area (Å²) in [5, 5.41) is 9.61. The third-order valence-corrected chi connectivity index (χ3v) is 2.06. The van der Waals surface area contributed by atoms with Crippen LogP contribution in [-0.2, 0) is 4.74 Å². The molecular formula is C8H17NO2. The van der Waals surface area contributed by atoms with Crippen LogP contribution >= 0.6 is 0 Å². The molecule has 1 heterocycles. The molecule has 1 aliphatic rings. The Morgan fingerprint density at radius 2 is 2.18 bits per heavy atom. The molecule has 0 aromatic heterocycles. The lowest BCUT2D eigenvalue weighted by Gasteiger charge is -2.36. The second kappa shape index (κ2) is 3.09. The third kappa shape index (κ3) is 2.43. The number of nitrogens with zero attached hydrogens (tertiary/aromatic N) is 1. The van der Waals surface area contributed by atoms with E-state index in [0.717, 1.165) is 19.7 Å². The fourth-order valence-electron chi connectivity index (χ4n) is 1.21. The SMILES string of the molecule is CN1CCOC(C(C)(C)O)C1. The van der Waals surface area contributed by atoms with Crippen molar-refractivity contribution in [2.45, 2.75) is 25.6 Å². The highest BCUT2D eigenvalue weighted by Crippen LogP contribution is 2.16. The average Bonchev–Trinajstić information content (AvgIpc) is 1.86. The lowest BCUT2D eigenvalue weighted by molar-refractivity contribution is -0.123. The van der Waals surface area contributed by atoms with Crippen LogP contribution in [-0.4, -0.2) is 48.5 Å². The van der Waals surface area contributed by atoms with Crippen molar-refractivity contribution in [2.75, 3.05) is 26.7 Å². The van der Waals surface area contributed by atoms with Crippen LogP contribution in [0.25, 0.3) is 0 Å². The first-order valence-electron chi connectivity index (χ1n) is 4.02. The van der Waals surface area contributed by atoms with Crippen LogP contribution in [0, 0.1) is 0 Å². The normalized spacial score (nSPS) is 28.9. The number of morpholine rings is 1. The van der Waals surface area contributed by atoms with Crippen LogP contribution in [0.2, 0.25) is 0 Å². The van der Waals surface area contributed by atoms with E-state index in [-0.39, 0.29) is 6.10 Å². The molecule has 1 saturated heterocycles. The molecule has 0 radical (unpaired) electrons. The number of likely N-dealkylation sites (N-methyl/N-ethyl adjacent to an activating group) is 1. The maximum absolute atomic E-state index is 9.61. The highest BCUT2D eigenvalue weighted by Gasteiger charge is 2.30. The molecule has 66 valence electrons. The van der Waals surface area contributed by atoms with E-state index in [1.165, 1.54) is 0 Å². The van der Waals surface area contributed by atoms with E-state index in [4.69, 9.17) is 4.74 Å². The molecule has 0 saturated carbocycles. The molecule has 0 bridgehead atoms. The van der Waals surface area contributed by atoms with Crippen molar-refractivity contribution in [1.29, 1.82) is 0 Å². The first-order chi connectivity index (χ1) is 5.00. The molecule has 1 atom stereocenters. The Balaban J connectivity index is 2.46. The molecule has 11 heavy (non-hydrogen) atoms. The van der Waals surface area contributed by atoms with Crippen molar-refractivity contribution in [1.82, 2.24) is 4.90 Å². The molecule has 0 aromatic carbocycles. The topological polar surface area (TPSA) is 32.7 Å². The highest BCUT2D eigenvalue weighted by molar-refractivity contribution is 4.82. The Bertz CT molecular complexity index is 131. The predicted octanol–water partition coefficient (Wildman–Crippen LogP) is 0.0879. The number of rotatable bonds is 1. The highest BCUT2D eigenvalue weighted by atomic mass is 16.5. The minimum atomic E-state index is -0.714. The van der Waals surface area contributed by atoms with Crippen LogP contribution in [0.15, 0.2) is 0 Å². The van der Waals surface area contributed by atoms with E-state index in [0.29, 0.717) is 0 Å². The zero-order valence-corrected chi connectivity index (χ0v) is 7.50. The molecule has 0 spiro atoms. The molecule has 1 fully saturated rings. The lowest BCUT2D eigenvalue weighted by Crippen LogP contribution is -2.50. The van der Waals surface area contributed by atoms with Crippen LogP contribution < -0.4 is 0 Å². The zero-order valence-electron chi connectivity index (χ0n) is 7.50. The Morgan fingerprint density at radius 3 is 2.55 bits per heavy atom. The first-order valence-corrected chi connectivity index (χ1v) is 4.02. The third-order valence-electron chi connectivity index (χ3n) is 2.06.